The van der Waals surface area contributed by atoms with Gasteiger partial charge in [-0.15, -0.1) is 11.3 Å². The van der Waals surface area contributed by atoms with Gasteiger partial charge in [0.05, 0.1) is 6.04 Å². The van der Waals surface area contributed by atoms with Gasteiger partial charge in [0.2, 0.25) is 0 Å². The molecule has 0 saturated carbocycles. The molecule has 0 radical (unpaired) electrons. The zero-order valence-corrected chi connectivity index (χ0v) is 13.8. The van der Waals surface area contributed by atoms with Crippen LogP contribution in [0.1, 0.15) is 50.6 Å². The van der Waals surface area contributed by atoms with E-state index >= 15 is 0 Å². The maximum absolute atomic E-state index is 6.30. The number of hydrogen-bond donors (Lipinski definition) is 1. The minimum absolute atomic E-state index is 0.191. The van der Waals surface area contributed by atoms with Gasteiger partial charge in [0, 0.05) is 17.5 Å². The fourth-order valence-corrected chi connectivity index (χ4v) is 4.35. The summed E-state index contributed by atoms with van der Waals surface area (Å²) >= 11 is 1.86. The highest BCUT2D eigenvalue weighted by atomic mass is 32.1. The van der Waals surface area contributed by atoms with E-state index in [1.165, 1.54) is 30.0 Å². The minimum Gasteiger partial charge on any atom is -0.326 e. The highest BCUT2D eigenvalue weighted by Gasteiger charge is 2.37. The summed E-state index contributed by atoms with van der Waals surface area (Å²) in [4.78, 5) is 4.07. The molecule has 1 aromatic rings. The lowest BCUT2D eigenvalue weighted by Crippen LogP contribution is -2.39. The third kappa shape index (κ3) is 3.21. The number of aryl methyl sites for hydroxylation is 1. The van der Waals surface area contributed by atoms with Crippen LogP contribution >= 0.6 is 11.3 Å². The Labute approximate surface area is 122 Å². The fourth-order valence-electron chi connectivity index (χ4n) is 3.17. The van der Waals surface area contributed by atoms with E-state index in [-0.39, 0.29) is 6.04 Å². The Morgan fingerprint density at radius 1 is 1.42 bits per heavy atom. The molecule has 1 aliphatic rings. The van der Waals surface area contributed by atoms with Crippen LogP contribution in [0, 0.1) is 18.3 Å². The van der Waals surface area contributed by atoms with Gasteiger partial charge in [0.15, 0.2) is 0 Å². The van der Waals surface area contributed by atoms with Gasteiger partial charge in [0.1, 0.15) is 0 Å². The molecule has 0 aromatic carbocycles. The van der Waals surface area contributed by atoms with Crippen LogP contribution < -0.4 is 5.73 Å². The first kappa shape index (κ1) is 15.0. The summed E-state index contributed by atoms with van der Waals surface area (Å²) in [6, 6.07) is 2.80. The quantitative estimate of drug-likeness (QED) is 0.912. The number of hydrogen-bond acceptors (Lipinski definition) is 3. The normalized spacial score (nSPS) is 24.6. The van der Waals surface area contributed by atoms with E-state index in [2.05, 4.69) is 51.0 Å². The molecule has 3 atom stereocenters. The topological polar surface area (TPSA) is 29.3 Å². The molecule has 2 rings (SSSR count). The van der Waals surface area contributed by atoms with Crippen LogP contribution in [0.5, 0.6) is 0 Å². The summed E-state index contributed by atoms with van der Waals surface area (Å²) in [6.07, 6.45) is 1.30. The van der Waals surface area contributed by atoms with Gasteiger partial charge in [-0.3, -0.25) is 4.90 Å². The minimum atomic E-state index is 0.191. The van der Waals surface area contributed by atoms with E-state index in [9.17, 15) is 0 Å². The van der Waals surface area contributed by atoms with Crippen LogP contribution in [0.2, 0.25) is 0 Å². The van der Waals surface area contributed by atoms with Crippen molar-refractivity contribution in [1.82, 2.24) is 4.90 Å². The van der Waals surface area contributed by atoms with Gasteiger partial charge in [-0.05, 0) is 55.2 Å². The standard InChI is InChI=1S/C16H28N2S/c1-11-7-9-19-15(11)14(12(2)17)18-8-6-13(10-18)16(3,4)5/h7,9,12-14H,6,8,10,17H2,1-5H3. The van der Waals surface area contributed by atoms with E-state index in [1.54, 1.807) is 0 Å². The first-order valence-electron chi connectivity index (χ1n) is 7.34. The number of rotatable bonds is 3. The van der Waals surface area contributed by atoms with Gasteiger partial charge in [-0.1, -0.05) is 20.8 Å². The Morgan fingerprint density at radius 2 is 2.11 bits per heavy atom. The highest BCUT2D eigenvalue weighted by Crippen LogP contribution is 2.39. The monoisotopic (exact) mass is 280 g/mol. The second kappa shape index (κ2) is 5.55. The zero-order chi connectivity index (χ0) is 14.2. The Hall–Kier alpha value is -0.380. The second-order valence-electron chi connectivity index (χ2n) is 7.12. The third-order valence-corrected chi connectivity index (χ3v) is 5.60. The predicted molar refractivity (Wildman–Crippen MR) is 84.6 cm³/mol. The predicted octanol–water partition coefficient (Wildman–Crippen LogP) is 3.81. The maximum atomic E-state index is 6.30. The number of likely N-dealkylation sites (tertiary alicyclic amines) is 1. The molecule has 2 nitrogen and oxygen atoms in total. The Kier molecular flexibility index (Phi) is 4.38. The van der Waals surface area contributed by atoms with E-state index in [1.807, 2.05) is 11.3 Å². The SMILES string of the molecule is Cc1ccsc1C(C(C)N)N1CCC(C(C)(C)C)C1. The van der Waals surface area contributed by atoms with E-state index in [4.69, 9.17) is 5.73 Å². The molecule has 0 amide bonds. The molecule has 2 heterocycles. The molecule has 1 aromatic heterocycles. The van der Waals surface area contributed by atoms with Crippen molar-refractivity contribution in [1.29, 1.82) is 0 Å². The summed E-state index contributed by atoms with van der Waals surface area (Å²) in [5.41, 5.74) is 8.10. The molecule has 2 N–H and O–H groups in total. The molecule has 3 heteroatoms. The molecule has 0 bridgehead atoms. The van der Waals surface area contributed by atoms with E-state index in [0.717, 1.165) is 5.92 Å². The van der Waals surface area contributed by atoms with Crippen LogP contribution in [0.15, 0.2) is 11.4 Å². The molecule has 1 saturated heterocycles. The van der Waals surface area contributed by atoms with Gasteiger partial charge in [-0.25, -0.2) is 0 Å². The first-order valence-corrected chi connectivity index (χ1v) is 8.22. The number of nitrogens with two attached hydrogens (primary N) is 1. The van der Waals surface area contributed by atoms with Gasteiger partial charge >= 0.3 is 0 Å². The molecular weight excluding hydrogens is 252 g/mol. The number of thiophene rings is 1. The largest absolute Gasteiger partial charge is 0.326 e. The first-order chi connectivity index (χ1) is 8.80. The summed E-state index contributed by atoms with van der Waals surface area (Å²) in [7, 11) is 0. The van der Waals surface area contributed by atoms with Crippen molar-refractivity contribution >= 4 is 11.3 Å². The molecular formula is C16H28N2S. The van der Waals surface area contributed by atoms with Crippen molar-refractivity contribution in [2.75, 3.05) is 13.1 Å². The second-order valence-corrected chi connectivity index (χ2v) is 8.07. The van der Waals surface area contributed by atoms with Crippen molar-refractivity contribution in [2.24, 2.45) is 17.1 Å². The zero-order valence-electron chi connectivity index (χ0n) is 12.9. The Morgan fingerprint density at radius 3 is 2.53 bits per heavy atom. The van der Waals surface area contributed by atoms with Gasteiger partial charge in [0.25, 0.3) is 0 Å². The molecule has 19 heavy (non-hydrogen) atoms. The van der Waals surface area contributed by atoms with E-state index < -0.39 is 0 Å². The van der Waals surface area contributed by atoms with Crippen molar-refractivity contribution in [3.63, 3.8) is 0 Å². The summed E-state index contributed by atoms with van der Waals surface area (Å²) in [6.45, 7) is 13.8. The average Bonchev–Trinajstić information content (AvgIpc) is 2.88. The van der Waals surface area contributed by atoms with Crippen LogP contribution in [0.3, 0.4) is 0 Å². The average molecular weight is 280 g/mol. The van der Waals surface area contributed by atoms with Crippen LogP contribution in [0.4, 0.5) is 0 Å². The van der Waals surface area contributed by atoms with Gasteiger partial charge in [-0.2, -0.15) is 0 Å². The Bertz CT molecular complexity index is 417. The Balaban J connectivity index is 2.17. The highest BCUT2D eigenvalue weighted by molar-refractivity contribution is 7.10. The van der Waals surface area contributed by atoms with Crippen LogP contribution in [-0.2, 0) is 0 Å². The fraction of sp³-hybridized carbons (Fsp3) is 0.750. The smallest absolute Gasteiger partial charge is 0.0593 e. The van der Waals surface area contributed by atoms with Crippen LogP contribution in [0.25, 0.3) is 0 Å². The van der Waals surface area contributed by atoms with Crippen molar-refractivity contribution < 1.29 is 0 Å². The number of nitrogens with zero attached hydrogens (tertiary/aromatic N) is 1. The summed E-state index contributed by atoms with van der Waals surface area (Å²) in [5.74, 6) is 0.786. The lowest BCUT2D eigenvalue weighted by Gasteiger charge is -2.33. The van der Waals surface area contributed by atoms with Crippen molar-refractivity contribution in [2.45, 2.75) is 53.1 Å². The van der Waals surface area contributed by atoms with Gasteiger partial charge < -0.3 is 5.73 Å². The van der Waals surface area contributed by atoms with Crippen molar-refractivity contribution in [3.05, 3.63) is 21.9 Å². The van der Waals surface area contributed by atoms with Crippen LogP contribution in [-0.4, -0.2) is 24.0 Å². The summed E-state index contributed by atoms with van der Waals surface area (Å²) < 4.78 is 0. The molecule has 0 aliphatic carbocycles. The van der Waals surface area contributed by atoms with Crippen molar-refractivity contribution in [3.8, 4) is 0 Å². The maximum Gasteiger partial charge on any atom is 0.0593 e. The molecule has 0 spiro atoms. The third-order valence-electron chi connectivity index (χ3n) is 4.51. The molecule has 1 aliphatic heterocycles. The summed E-state index contributed by atoms with van der Waals surface area (Å²) in [5, 5.41) is 2.19. The molecule has 1 fully saturated rings. The lowest BCUT2D eigenvalue weighted by atomic mass is 9.80. The molecule has 108 valence electrons. The lowest BCUT2D eigenvalue weighted by molar-refractivity contribution is 0.182. The van der Waals surface area contributed by atoms with E-state index in [0.29, 0.717) is 11.5 Å². The molecule has 3 unspecified atom stereocenters.